The Morgan fingerprint density at radius 3 is 2.59 bits per heavy atom. The summed E-state index contributed by atoms with van der Waals surface area (Å²) in [6.07, 6.45) is 4.55. The van der Waals surface area contributed by atoms with Crippen molar-refractivity contribution in [3.8, 4) is 0 Å². The Hall–Kier alpha value is -2.07. The molecule has 1 N–H and O–H groups in total. The monoisotopic (exact) mass is 497 g/mol. The molecule has 0 aliphatic heterocycles. The van der Waals surface area contributed by atoms with E-state index >= 15 is 0 Å². The maximum Gasteiger partial charge on any atom is 0.408 e. The van der Waals surface area contributed by atoms with E-state index in [9.17, 15) is 4.79 Å². The van der Waals surface area contributed by atoms with Crippen molar-refractivity contribution in [2.45, 2.75) is 78.4 Å². The van der Waals surface area contributed by atoms with Gasteiger partial charge >= 0.3 is 6.09 Å². The number of amides is 1. The second-order valence-electron chi connectivity index (χ2n) is 10.2. The Morgan fingerprint density at radius 2 is 1.94 bits per heavy atom. The first-order chi connectivity index (χ1) is 15.0. The number of rotatable bonds is 7. The van der Waals surface area contributed by atoms with Crippen LogP contribution in [0.5, 0.6) is 0 Å². The maximum absolute atomic E-state index is 12.8. The first kappa shape index (κ1) is 24.6. The third-order valence-corrected chi connectivity index (χ3v) is 6.76. The van der Waals surface area contributed by atoms with E-state index in [1.165, 1.54) is 22.3 Å². The number of ether oxygens (including phenoxy) is 1. The molecular weight excluding hydrogens is 462 g/mol. The van der Waals surface area contributed by atoms with Crippen LogP contribution in [0.4, 0.5) is 4.79 Å². The predicted molar refractivity (Wildman–Crippen MR) is 137 cm³/mol. The highest BCUT2D eigenvalue weighted by atomic mass is 79.9. The molecule has 2 aromatic carbocycles. The minimum Gasteiger partial charge on any atom is -0.444 e. The first-order valence-electron chi connectivity index (χ1n) is 11.6. The van der Waals surface area contributed by atoms with Crippen molar-refractivity contribution in [2.75, 3.05) is 0 Å². The molecule has 0 saturated carbocycles. The normalized spacial score (nSPS) is 20.0. The number of alkyl carbamates (subject to hydrolysis) is 1. The van der Waals surface area contributed by atoms with E-state index in [1.54, 1.807) is 0 Å². The lowest BCUT2D eigenvalue weighted by Gasteiger charge is -2.37. The van der Waals surface area contributed by atoms with E-state index in [1.807, 2.05) is 20.8 Å². The van der Waals surface area contributed by atoms with Crippen LogP contribution in [0.2, 0.25) is 0 Å². The van der Waals surface area contributed by atoms with Crippen molar-refractivity contribution in [1.29, 1.82) is 0 Å². The van der Waals surface area contributed by atoms with Crippen LogP contribution >= 0.6 is 15.9 Å². The number of carbonyl (C=O) groups excluding carboxylic acids is 1. The lowest BCUT2D eigenvalue weighted by molar-refractivity contribution is 0.0435. The van der Waals surface area contributed by atoms with Crippen molar-refractivity contribution in [1.82, 2.24) is 5.32 Å². The number of halogens is 1. The van der Waals surface area contributed by atoms with Gasteiger partial charge in [0.15, 0.2) is 0 Å². The lowest BCUT2D eigenvalue weighted by atomic mass is 9.72. The van der Waals surface area contributed by atoms with E-state index in [0.717, 1.165) is 42.1 Å². The number of hydrogen-bond donors (Lipinski definition) is 1. The molecule has 0 saturated heterocycles. The van der Waals surface area contributed by atoms with Crippen LogP contribution in [0.1, 0.15) is 81.7 Å². The number of carbonyl (C=O) groups is 1. The minimum absolute atomic E-state index is 0.0562. The summed E-state index contributed by atoms with van der Waals surface area (Å²) in [4.78, 5) is 12.8. The Balaban J connectivity index is 1.87. The summed E-state index contributed by atoms with van der Waals surface area (Å²) >= 11 is 3.61. The molecule has 2 aromatic rings. The van der Waals surface area contributed by atoms with Crippen molar-refractivity contribution < 1.29 is 9.53 Å². The maximum atomic E-state index is 12.8. The van der Waals surface area contributed by atoms with Gasteiger partial charge in [0.2, 0.25) is 0 Å². The summed E-state index contributed by atoms with van der Waals surface area (Å²) < 4.78 is 6.71. The molecule has 0 fully saturated rings. The molecule has 0 radical (unpaired) electrons. The Kier molecular flexibility index (Phi) is 7.54. The smallest absolute Gasteiger partial charge is 0.408 e. The standard InChI is InChI=1S/C28H36BrNO2/c1-7-13-28(14-12-20(3)22-15-19(2)16-23(29)17-22)18-21-10-8-9-11-24(21)25(28)30-26(31)32-27(4,5)6/h8-11,15-17,25H,3,7,12-14,18H2,1-2,4-6H3,(H,30,31)/t25-,28?/m1/s1. The van der Waals surface area contributed by atoms with Crippen LogP contribution in [0.15, 0.2) is 53.5 Å². The van der Waals surface area contributed by atoms with E-state index in [-0.39, 0.29) is 17.6 Å². The summed E-state index contributed by atoms with van der Waals surface area (Å²) in [6, 6.07) is 14.9. The van der Waals surface area contributed by atoms with Crippen molar-refractivity contribution >= 4 is 27.6 Å². The van der Waals surface area contributed by atoms with Gasteiger partial charge in [-0.1, -0.05) is 66.2 Å². The van der Waals surface area contributed by atoms with E-state index in [4.69, 9.17) is 4.74 Å². The molecule has 1 aliphatic rings. The molecule has 0 heterocycles. The summed E-state index contributed by atoms with van der Waals surface area (Å²) in [5.74, 6) is 0. The van der Waals surface area contributed by atoms with Crippen LogP contribution in [-0.4, -0.2) is 11.7 Å². The fraction of sp³-hybridized carbons (Fsp3) is 0.464. The highest BCUT2D eigenvalue weighted by Gasteiger charge is 2.46. The van der Waals surface area contributed by atoms with Gasteiger partial charge in [0.05, 0.1) is 6.04 Å². The zero-order valence-electron chi connectivity index (χ0n) is 20.1. The summed E-state index contributed by atoms with van der Waals surface area (Å²) in [6.45, 7) is 14.4. The third-order valence-electron chi connectivity index (χ3n) is 6.30. The molecule has 1 unspecified atom stereocenters. The zero-order valence-corrected chi connectivity index (χ0v) is 21.6. The minimum atomic E-state index is -0.525. The van der Waals surface area contributed by atoms with Gasteiger partial charge in [0.25, 0.3) is 0 Å². The highest BCUT2D eigenvalue weighted by Crippen LogP contribution is 2.52. The largest absolute Gasteiger partial charge is 0.444 e. The molecule has 3 rings (SSSR count). The first-order valence-corrected chi connectivity index (χ1v) is 12.3. The summed E-state index contributed by atoms with van der Waals surface area (Å²) in [7, 11) is 0. The number of aryl methyl sites for hydroxylation is 1. The van der Waals surface area contributed by atoms with Crippen LogP contribution in [0.25, 0.3) is 5.57 Å². The fourth-order valence-electron chi connectivity index (χ4n) is 5.02. The van der Waals surface area contributed by atoms with Crippen LogP contribution < -0.4 is 5.32 Å². The van der Waals surface area contributed by atoms with Gasteiger partial charge in [-0.2, -0.15) is 0 Å². The van der Waals surface area contributed by atoms with E-state index < -0.39 is 5.60 Å². The molecule has 0 spiro atoms. The molecule has 0 bridgehead atoms. The number of allylic oxidation sites excluding steroid dienone is 1. The molecule has 3 nitrogen and oxygen atoms in total. The van der Waals surface area contributed by atoms with Crippen molar-refractivity contribution in [3.63, 3.8) is 0 Å². The number of fused-ring (bicyclic) bond motifs is 1. The molecule has 0 aromatic heterocycles. The Morgan fingerprint density at radius 1 is 1.22 bits per heavy atom. The number of hydrogen-bond acceptors (Lipinski definition) is 2. The van der Waals surface area contributed by atoms with Gasteiger partial charge in [-0.15, -0.1) is 0 Å². The van der Waals surface area contributed by atoms with Gasteiger partial charge < -0.3 is 10.1 Å². The van der Waals surface area contributed by atoms with Crippen LogP contribution in [0.3, 0.4) is 0 Å². The van der Waals surface area contributed by atoms with Gasteiger partial charge in [0.1, 0.15) is 5.60 Å². The average Bonchev–Trinajstić information content (AvgIpc) is 2.98. The van der Waals surface area contributed by atoms with Gasteiger partial charge in [-0.3, -0.25) is 0 Å². The van der Waals surface area contributed by atoms with E-state index in [0.29, 0.717) is 0 Å². The molecular formula is C28H36BrNO2. The quantitative estimate of drug-likeness (QED) is 0.418. The average molecular weight is 499 g/mol. The molecule has 1 amide bonds. The van der Waals surface area contributed by atoms with Gasteiger partial charge in [0, 0.05) is 4.47 Å². The number of benzene rings is 2. The topological polar surface area (TPSA) is 38.3 Å². The SMILES string of the molecule is C=C(CCC1(CCC)Cc2ccccc2[C@H]1NC(=O)OC(C)(C)C)c1cc(C)cc(Br)c1. The summed E-state index contributed by atoms with van der Waals surface area (Å²) in [5, 5.41) is 3.25. The molecule has 2 atom stereocenters. The Bertz CT molecular complexity index is 971. The second-order valence-corrected chi connectivity index (χ2v) is 11.1. The van der Waals surface area contributed by atoms with Crippen LogP contribution in [-0.2, 0) is 11.2 Å². The lowest BCUT2D eigenvalue weighted by Crippen LogP contribution is -2.41. The van der Waals surface area contributed by atoms with Crippen LogP contribution in [0, 0.1) is 12.3 Å². The third kappa shape index (κ3) is 5.83. The van der Waals surface area contributed by atoms with Crippen molar-refractivity contribution in [2.24, 2.45) is 5.41 Å². The van der Waals surface area contributed by atoms with Crippen molar-refractivity contribution in [3.05, 3.63) is 75.8 Å². The molecule has 172 valence electrons. The number of nitrogens with one attached hydrogen (secondary N) is 1. The molecule has 32 heavy (non-hydrogen) atoms. The van der Waals surface area contributed by atoms with Gasteiger partial charge in [-0.25, -0.2) is 4.79 Å². The zero-order chi connectivity index (χ0) is 23.5. The predicted octanol–water partition coefficient (Wildman–Crippen LogP) is 8.16. The fourth-order valence-corrected chi connectivity index (χ4v) is 5.62. The molecule has 1 aliphatic carbocycles. The second kappa shape index (κ2) is 9.82. The molecule has 4 heteroatoms. The van der Waals surface area contributed by atoms with E-state index in [2.05, 4.69) is 84.1 Å². The highest BCUT2D eigenvalue weighted by molar-refractivity contribution is 9.10. The summed E-state index contributed by atoms with van der Waals surface area (Å²) in [5.41, 5.74) is 5.49. The van der Waals surface area contributed by atoms with Gasteiger partial charge in [-0.05, 0) is 98.8 Å². The Labute approximate surface area is 201 Å².